The summed E-state index contributed by atoms with van der Waals surface area (Å²) in [5.41, 5.74) is 1.42. The number of thiophene rings is 1. The molecule has 3 rings (SSSR count). The highest BCUT2D eigenvalue weighted by Crippen LogP contribution is 2.42. The lowest BCUT2D eigenvalue weighted by Gasteiger charge is -2.25. The average molecular weight is 413 g/mol. The van der Waals surface area contributed by atoms with Crippen molar-refractivity contribution in [3.63, 3.8) is 0 Å². The number of aliphatic hydroxyl groups is 1. The number of Topliss-reactive ketones (excluding diaryl/α,β-unsaturated/α-hetero) is 1. The van der Waals surface area contributed by atoms with Gasteiger partial charge in [-0.05, 0) is 43.0 Å². The van der Waals surface area contributed by atoms with Crippen molar-refractivity contribution in [2.45, 2.75) is 45.8 Å². The number of rotatable bonds is 7. The number of aliphatic hydroxyl groups excluding tert-OH is 1. The molecule has 0 bridgehead atoms. The van der Waals surface area contributed by atoms with Crippen LogP contribution in [0.2, 0.25) is 0 Å². The Labute approximate surface area is 173 Å². The Hall–Kier alpha value is -2.93. The van der Waals surface area contributed by atoms with Crippen LogP contribution in [0.1, 0.15) is 43.7 Å². The molecule has 1 aromatic carbocycles. The number of amides is 1. The molecule has 152 valence electrons. The lowest BCUT2D eigenvalue weighted by molar-refractivity contribution is -0.146. The number of ketones is 1. The second kappa shape index (κ2) is 8.61. The molecule has 1 aromatic heterocycles. The normalized spacial score (nSPS) is 16.6. The molecule has 2 heterocycles. The summed E-state index contributed by atoms with van der Waals surface area (Å²) < 4.78 is 5.15. The maximum absolute atomic E-state index is 12.8. The molecule has 29 heavy (non-hydrogen) atoms. The Morgan fingerprint density at radius 2 is 1.90 bits per heavy atom. The number of hydrogen-bond acceptors (Lipinski definition) is 6. The van der Waals surface area contributed by atoms with Crippen molar-refractivity contribution < 1.29 is 24.2 Å². The van der Waals surface area contributed by atoms with E-state index in [0.717, 1.165) is 10.4 Å². The molecule has 0 aliphatic carbocycles. The van der Waals surface area contributed by atoms with Gasteiger partial charge in [-0.2, -0.15) is 0 Å². The first-order chi connectivity index (χ1) is 13.8. The highest BCUT2D eigenvalue weighted by atomic mass is 32.1. The molecule has 6 nitrogen and oxygen atoms in total. The molecule has 1 atom stereocenters. The van der Waals surface area contributed by atoms with Crippen LogP contribution in [0.25, 0.3) is 0 Å². The summed E-state index contributed by atoms with van der Waals surface area (Å²) in [5, 5.41) is 12.3. The number of carbonyl (C=O) groups excluding carboxylic acids is 3. The predicted molar refractivity (Wildman–Crippen MR) is 111 cm³/mol. The first-order valence-corrected chi connectivity index (χ1v) is 10.3. The van der Waals surface area contributed by atoms with Gasteiger partial charge in [-0.15, -0.1) is 11.3 Å². The van der Waals surface area contributed by atoms with Gasteiger partial charge in [0.15, 0.2) is 11.5 Å². The molecule has 1 aliphatic rings. The van der Waals surface area contributed by atoms with Gasteiger partial charge in [-0.25, -0.2) is 0 Å². The van der Waals surface area contributed by atoms with Crippen molar-refractivity contribution >= 4 is 34.7 Å². The fourth-order valence-electron chi connectivity index (χ4n) is 3.31. The van der Waals surface area contributed by atoms with E-state index in [4.69, 9.17) is 4.74 Å². The molecule has 1 unspecified atom stereocenters. The van der Waals surface area contributed by atoms with Gasteiger partial charge in [0.2, 0.25) is 0 Å². The molecule has 0 radical (unpaired) electrons. The van der Waals surface area contributed by atoms with Crippen molar-refractivity contribution in [1.82, 2.24) is 0 Å². The van der Waals surface area contributed by atoms with E-state index in [9.17, 15) is 19.5 Å². The zero-order valence-corrected chi connectivity index (χ0v) is 17.4. The van der Waals surface area contributed by atoms with Crippen LogP contribution in [0.3, 0.4) is 0 Å². The Kier molecular flexibility index (Phi) is 6.17. The Morgan fingerprint density at radius 1 is 1.21 bits per heavy atom. The number of carbonyl (C=O) groups is 3. The summed E-state index contributed by atoms with van der Waals surface area (Å²) in [5.74, 6) is -1.69. The summed E-state index contributed by atoms with van der Waals surface area (Å²) in [4.78, 5) is 39.4. The largest absolute Gasteiger partial charge is 0.503 e. The summed E-state index contributed by atoms with van der Waals surface area (Å²) in [6.45, 7) is 5.28. The molecular weight excluding hydrogens is 390 g/mol. The van der Waals surface area contributed by atoms with Gasteiger partial charge < -0.3 is 9.84 Å². The van der Waals surface area contributed by atoms with E-state index < -0.39 is 17.7 Å². The summed E-state index contributed by atoms with van der Waals surface area (Å²) in [7, 11) is 0. The van der Waals surface area contributed by atoms with E-state index >= 15 is 0 Å². The first-order valence-electron chi connectivity index (χ1n) is 9.45. The zero-order chi connectivity index (χ0) is 21.1. The Bertz CT molecular complexity index is 944. The number of hydrogen-bond donors (Lipinski definition) is 1. The van der Waals surface area contributed by atoms with Crippen molar-refractivity contribution in [2.75, 3.05) is 4.90 Å². The van der Waals surface area contributed by atoms with Crippen molar-refractivity contribution in [3.8, 4) is 0 Å². The lowest BCUT2D eigenvalue weighted by Crippen LogP contribution is -2.30. The lowest BCUT2D eigenvalue weighted by atomic mass is 10.00. The smallest absolute Gasteiger partial charge is 0.310 e. The summed E-state index contributed by atoms with van der Waals surface area (Å²) in [6, 6.07) is 9.93. The van der Waals surface area contributed by atoms with Crippen molar-refractivity contribution in [3.05, 3.63) is 63.6 Å². The third kappa shape index (κ3) is 4.24. The van der Waals surface area contributed by atoms with Gasteiger partial charge in [0.1, 0.15) is 6.04 Å². The fraction of sp³-hybridized carbons (Fsp3) is 0.318. The van der Waals surface area contributed by atoms with Crippen molar-refractivity contribution in [1.29, 1.82) is 0 Å². The molecule has 1 N–H and O–H groups in total. The third-order valence-corrected chi connectivity index (χ3v) is 5.50. The standard InChI is InChI=1S/C22H23NO5S/c1-4-16(24)19-20(17-6-5-11-29-17)23(22(27)21(19)26)15-9-7-14(8-10-15)12-18(25)28-13(2)3/h5-11,13,20,26H,4,12H2,1-3H3. The van der Waals surface area contributed by atoms with E-state index in [0.29, 0.717) is 5.69 Å². The van der Waals surface area contributed by atoms with Gasteiger partial charge >= 0.3 is 5.97 Å². The van der Waals surface area contributed by atoms with Gasteiger partial charge in [0.25, 0.3) is 5.91 Å². The van der Waals surface area contributed by atoms with Crippen LogP contribution < -0.4 is 4.90 Å². The topological polar surface area (TPSA) is 83.9 Å². The molecule has 7 heteroatoms. The molecular formula is C22H23NO5S. The van der Waals surface area contributed by atoms with Crippen LogP contribution in [0.5, 0.6) is 0 Å². The second-order valence-corrected chi connectivity index (χ2v) is 7.99. The van der Waals surface area contributed by atoms with Gasteiger partial charge in [0.05, 0.1) is 18.1 Å². The Balaban J connectivity index is 1.92. The van der Waals surface area contributed by atoms with E-state index in [1.807, 2.05) is 17.5 Å². The minimum atomic E-state index is -0.660. The fourth-order valence-corrected chi connectivity index (χ4v) is 4.13. The quantitative estimate of drug-likeness (QED) is 0.690. The predicted octanol–water partition coefficient (Wildman–Crippen LogP) is 4.12. The monoisotopic (exact) mass is 413 g/mol. The number of nitrogens with zero attached hydrogens (tertiary/aromatic N) is 1. The van der Waals surface area contributed by atoms with Crippen LogP contribution >= 0.6 is 11.3 Å². The molecule has 0 fully saturated rings. The van der Waals surface area contributed by atoms with E-state index in [1.165, 1.54) is 16.2 Å². The molecule has 1 aliphatic heterocycles. The summed E-state index contributed by atoms with van der Waals surface area (Å²) in [6.07, 6.45) is 0.141. The van der Waals surface area contributed by atoms with Crippen LogP contribution in [0, 0.1) is 0 Å². The highest BCUT2D eigenvalue weighted by molar-refractivity contribution is 7.10. The van der Waals surface area contributed by atoms with Crippen molar-refractivity contribution in [2.24, 2.45) is 0 Å². The van der Waals surface area contributed by atoms with Crippen LogP contribution in [-0.2, 0) is 25.5 Å². The van der Waals surface area contributed by atoms with Gasteiger partial charge in [-0.1, -0.05) is 25.1 Å². The Morgan fingerprint density at radius 3 is 2.45 bits per heavy atom. The minimum Gasteiger partial charge on any atom is -0.503 e. The van der Waals surface area contributed by atoms with Gasteiger partial charge in [0, 0.05) is 17.0 Å². The minimum absolute atomic E-state index is 0.129. The number of anilines is 1. The summed E-state index contributed by atoms with van der Waals surface area (Å²) >= 11 is 1.42. The number of benzene rings is 1. The maximum atomic E-state index is 12.8. The van der Waals surface area contributed by atoms with Crippen LogP contribution in [0.15, 0.2) is 53.1 Å². The maximum Gasteiger partial charge on any atom is 0.310 e. The highest BCUT2D eigenvalue weighted by Gasteiger charge is 2.44. The van der Waals surface area contributed by atoms with E-state index in [-0.39, 0.29) is 36.3 Å². The average Bonchev–Trinajstić information content (AvgIpc) is 3.29. The SMILES string of the molecule is CCC(=O)C1=C(O)C(=O)N(c2ccc(CC(=O)OC(C)C)cc2)C1c1cccs1. The number of ether oxygens (including phenoxy) is 1. The molecule has 0 spiro atoms. The van der Waals surface area contributed by atoms with Crippen LogP contribution in [-0.4, -0.2) is 28.9 Å². The van der Waals surface area contributed by atoms with Crippen LogP contribution in [0.4, 0.5) is 5.69 Å². The molecule has 0 saturated heterocycles. The zero-order valence-electron chi connectivity index (χ0n) is 16.5. The first kappa shape index (κ1) is 20.8. The number of esters is 1. The third-order valence-electron chi connectivity index (χ3n) is 4.57. The molecule has 2 aromatic rings. The second-order valence-electron chi connectivity index (χ2n) is 7.01. The van der Waals surface area contributed by atoms with Gasteiger partial charge in [-0.3, -0.25) is 19.3 Å². The van der Waals surface area contributed by atoms with E-state index in [1.54, 1.807) is 45.0 Å². The molecule has 0 saturated carbocycles. The molecule has 1 amide bonds. The van der Waals surface area contributed by atoms with E-state index in [2.05, 4.69) is 0 Å².